The van der Waals surface area contributed by atoms with Crippen LogP contribution in [-0.2, 0) is 14.3 Å². The van der Waals surface area contributed by atoms with Gasteiger partial charge in [0.1, 0.15) is 6.04 Å². The van der Waals surface area contributed by atoms with Crippen molar-refractivity contribution in [2.45, 2.75) is 51.0 Å². The van der Waals surface area contributed by atoms with Crippen LogP contribution in [0.2, 0.25) is 0 Å². The van der Waals surface area contributed by atoms with Gasteiger partial charge in [-0.05, 0) is 57.5 Å². The molecule has 144 valence electrons. The molecule has 0 bridgehead atoms. The number of nitrogens with zero attached hydrogens (tertiary/aromatic N) is 2. The van der Waals surface area contributed by atoms with Gasteiger partial charge >= 0.3 is 0 Å². The minimum absolute atomic E-state index is 0. The van der Waals surface area contributed by atoms with Crippen molar-refractivity contribution in [2.24, 2.45) is 5.92 Å². The summed E-state index contributed by atoms with van der Waals surface area (Å²) in [6.45, 7) is 5.43. The lowest BCUT2D eigenvalue weighted by Gasteiger charge is -2.39. The molecule has 1 unspecified atom stereocenters. The number of likely N-dealkylation sites (tertiary alicyclic amines) is 1. The molecule has 7 heteroatoms. The zero-order valence-electron chi connectivity index (χ0n) is 15.1. The minimum atomic E-state index is -0.239. The van der Waals surface area contributed by atoms with Crippen LogP contribution in [0.3, 0.4) is 0 Å². The first-order chi connectivity index (χ1) is 11.8. The van der Waals surface area contributed by atoms with Crippen LogP contribution in [0.5, 0.6) is 0 Å². The van der Waals surface area contributed by atoms with E-state index in [0.717, 1.165) is 45.3 Å². The van der Waals surface area contributed by atoms with Gasteiger partial charge in [0.15, 0.2) is 0 Å². The smallest absolute Gasteiger partial charge is 0.245 e. The predicted molar refractivity (Wildman–Crippen MR) is 98.8 cm³/mol. The summed E-state index contributed by atoms with van der Waals surface area (Å²) in [5.41, 5.74) is 0. The molecule has 3 fully saturated rings. The van der Waals surface area contributed by atoms with Crippen LogP contribution in [0, 0.1) is 5.92 Å². The topological polar surface area (TPSA) is 61.9 Å². The number of ether oxygens (including phenoxy) is 1. The van der Waals surface area contributed by atoms with Gasteiger partial charge in [-0.2, -0.15) is 0 Å². The number of halogens is 1. The molecule has 1 atom stereocenters. The molecule has 1 N–H and O–H groups in total. The summed E-state index contributed by atoms with van der Waals surface area (Å²) in [7, 11) is 0. The highest BCUT2D eigenvalue weighted by atomic mass is 35.5. The lowest BCUT2D eigenvalue weighted by molar-refractivity contribution is -0.150. The molecule has 0 saturated carbocycles. The Bertz CT molecular complexity index is 437. The van der Waals surface area contributed by atoms with E-state index in [1.54, 1.807) is 0 Å². The number of nitrogens with one attached hydrogen (secondary N) is 1. The van der Waals surface area contributed by atoms with Crippen LogP contribution < -0.4 is 5.32 Å². The highest BCUT2D eigenvalue weighted by molar-refractivity contribution is 5.88. The Hall–Kier alpha value is -0.850. The lowest BCUT2D eigenvalue weighted by atomic mass is 9.92. The van der Waals surface area contributed by atoms with Crippen molar-refractivity contribution in [1.82, 2.24) is 15.1 Å². The fourth-order valence-corrected chi connectivity index (χ4v) is 4.12. The summed E-state index contributed by atoms with van der Waals surface area (Å²) in [4.78, 5) is 29.4. The summed E-state index contributed by atoms with van der Waals surface area (Å²) in [5.74, 6) is 0.974. The molecular formula is C18H32ClN3O3. The molecule has 3 aliphatic rings. The minimum Gasteiger partial charge on any atom is -0.378 e. The molecular weight excluding hydrogens is 342 g/mol. The van der Waals surface area contributed by atoms with E-state index in [9.17, 15) is 9.59 Å². The molecule has 0 spiro atoms. The SMILES string of the molecule is Cl.O=C(C1CCCCN1C(=O)CCC1CCNCC1)N1CCOCC1. The van der Waals surface area contributed by atoms with Crippen LogP contribution in [-0.4, -0.2) is 73.6 Å². The number of hydrogen-bond donors (Lipinski definition) is 1. The number of carbonyl (C=O) groups is 2. The molecule has 6 nitrogen and oxygen atoms in total. The lowest BCUT2D eigenvalue weighted by Crippen LogP contribution is -2.55. The molecule has 0 aromatic heterocycles. The number of piperidine rings is 2. The van der Waals surface area contributed by atoms with Crippen molar-refractivity contribution in [2.75, 3.05) is 45.9 Å². The van der Waals surface area contributed by atoms with Gasteiger partial charge in [0, 0.05) is 26.1 Å². The first kappa shape index (κ1) is 20.5. The Morgan fingerprint density at radius 3 is 2.44 bits per heavy atom. The van der Waals surface area contributed by atoms with E-state index >= 15 is 0 Å². The van der Waals surface area contributed by atoms with E-state index in [1.807, 2.05) is 9.80 Å². The summed E-state index contributed by atoms with van der Waals surface area (Å²) >= 11 is 0. The van der Waals surface area contributed by atoms with Crippen molar-refractivity contribution in [3.8, 4) is 0 Å². The quantitative estimate of drug-likeness (QED) is 0.809. The standard InChI is InChI=1S/C18H31N3O3.ClH/c22-17(5-4-15-6-8-19-9-7-15)21-10-2-1-3-16(21)18(23)20-11-13-24-14-12-20;/h15-16,19H,1-14H2;1H. The van der Waals surface area contributed by atoms with Crippen LogP contribution in [0.25, 0.3) is 0 Å². The first-order valence-electron chi connectivity index (χ1n) is 9.62. The number of morpholine rings is 1. The molecule has 3 heterocycles. The molecule has 0 radical (unpaired) electrons. The van der Waals surface area contributed by atoms with Crippen molar-refractivity contribution in [3.05, 3.63) is 0 Å². The van der Waals surface area contributed by atoms with Gasteiger partial charge in [0.25, 0.3) is 0 Å². The van der Waals surface area contributed by atoms with Crippen molar-refractivity contribution < 1.29 is 14.3 Å². The van der Waals surface area contributed by atoms with E-state index in [1.165, 1.54) is 12.8 Å². The van der Waals surface area contributed by atoms with Crippen molar-refractivity contribution >= 4 is 24.2 Å². The van der Waals surface area contributed by atoms with Gasteiger partial charge in [-0.3, -0.25) is 9.59 Å². The Balaban J connectivity index is 0.00000225. The van der Waals surface area contributed by atoms with Gasteiger partial charge in [-0.15, -0.1) is 12.4 Å². The second kappa shape index (κ2) is 10.3. The third-order valence-electron chi connectivity index (χ3n) is 5.66. The highest BCUT2D eigenvalue weighted by Gasteiger charge is 2.35. The summed E-state index contributed by atoms with van der Waals surface area (Å²) in [6.07, 6.45) is 6.78. The highest BCUT2D eigenvalue weighted by Crippen LogP contribution is 2.23. The number of hydrogen-bond acceptors (Lipinski definition) is 4. The van der Waals surface area contributed by atoms with Gasteiger partial charge in [-0.1, -0.05) is 0 Å². The number of carbonyl (C=O) groups excluding carboxylic acids is 2. The average Bonchev–Trinajstić information content (AvgIpc) is 2.67. The third kappa shape index (κ3) is 5.56. The van der Waals surface area contributed by atoms with Gasteiger partial charge in [0.05, 0.1) is 13.2 Å². The number of rotatable bonds is 4. The van der Waals surface area contributed by atoms with Crippen LogP contribution in [0.15, 0.2) is 0 Å². The fraction of sp³-hybridized carbons (Fsp3) is 0.889. The number of amides is 2. The van der Waals surface area contributed by atoms with E-state index in [2.05, 4.69) is 5.32 Å². The predicted octanol–water partition coefficient (Wildman–Crippen LogP) is 1.43. The Morgan fingerprint density at radius 1 is 1.00 bits per heavy atom. The molecule has 0 aliphatic carbocycles. The zero-order chi connectivity index (χ0) is 16.8. The van der Waals surface area contributed by atoms with E-state index in [4.69, 9.17) is 4.74 Å². The van der Waals surface area contributed by atoms with Crippen molar-refractivity contribution in [1.29, 1.82) is 0 Å². The average molecular weight is 374 g/mol. The van der Waals surface area contributed by atoms with Crippen LogP contribution in [0.4, 0.5) is 0 Å². The zero-order valence-corrected chi connectivity index (χ0v) is 15.9. The van der Waals surface area contributed by atoms with Crippen LogP contribution in [0.1, 0.15) is 44.9 Å². The monoisotopic (exact) mass is 373 g/mol. The van der Waals surface area contributed by atoms with Crippen molar-refractivity contribution in [3.63, 3.8) is 0 Å². The maximum atomic E-state index is 12.8. The maximum Gasteiger partial charge on any atom is 0.245 e. The third-order valence-corrected chi connectivity index (χ3v) is 5.66. The summed E-state index contributed by atoms with van der Waals surface area (Å²) < 4.78 is 5.34. The normalized spacial score (nSPS) is 25.4. The maximum absolute atomic E-state index is 12.8. The van der Waals surface area contributed by atoms with E-state index in [0.29, 0.717) is 38.6 Å². The first-order valence-corrected chi connectivity index (χ1v) is 9.62. The van der Waals surface area contributed by atoms with Gasteiger partial charge in [-0.25, -0.2) is 0 Å². The van der Waals surface area contributed by atoms with E-state index in [-0.39, 0.29) is 30.3 Å². The molecule has 2 amide bonds. The molecule has 25 heavy (non-hydrogen) atoms. The molecule has 3 rings (SSSR count). The summed E-state index contributed by atoms with van der Waals surface area (Å²) in [5, 5.41) is 3.37. The second-order valence-corrected chi connectivity index (χ2v) is 7.27. The second-order valence-electron chi connectivity index (χ2n) is 7.27. The Kier molecular flexibility index (Phi) is 8.46. The Labute approximate surface area is 157 Å². The molecule has 3 saturated heterocycles. The van der Waals surface area contributed by atoms with Crippen LogP contribution >= 0.6 is 12.4 Å². The molecule has 0 aromatic carbocycles. The van der Waals surface area contributed by atoms with Gasteiger partial charge in [0.2, 0.25) is 11.8 Å². The fourth-order valence-electron chi connectivity index (χ4n) is 4.12. The Morgan fingerprint density at radius 2 is 1.72 bits per heavy atom. The van der Waals surface area contributed by atoms with Gasteiger partial charge < -0.3 is 19.9 Å². The largest absolute Gasteiger partial charge is 0.378 e. The molecule has 0 aromatic rings. The van der Waals surface area contributed by atoms with E-state index < -0.39 is 0 Å². The summed E-state index contributed by atoms with van der Waals surface area (Å²) in [6, 6.07) is -0.239. The molecule has 3 aliphatic heterocycles.